The predicted molar refractivity (Wildman–Crippen MR) is 22.3 cm³/mol. The first-order valence-electron chi connectivity index (χ1n) is 2.00. The Morgan fingerprint density at radius 1 is 1.62 bits per heavy atom. The van der Waals surface area contributed by atoms with Crippen molar-refractivity contribution in [3.8, 4) is 0 Å². The molecule has 0 amide bonds. The summed E-state index contributed by atoms with van der Waals surface area (Å²) in [6.45, 7) is -0.692. The van der Waals surface area contributed by atoms with Gasteiger partial charge in [0, 0.05) is 13.0 Å². The van der Waals surface area contributed by atoms with Crippen LogP contribution in [0.15, 0.2) is 0 Å². The van der Waals surface area contributed by atoms with Gasteiger partial charge in [-0.15, -0.1) is 0 Å². The van der Waals surface area contributed by atoms with E-state index in [-0.39, 0.29) is 0 Å². The Morgan fingerprint density at radius 3 is 2.25 bits per heavy atom. The van der Waals surface area contributed by atoms with E-state index in [2.05, 4.69) is 0 Å². The number of hydrogen-bond donors (Lipinski definition) is 1. The zero-order valence-electron chi connectivity index (χ0n) is 4.03. The number of rotatable bonds is 3. The third-order valence-corrected chi connectivity index (χ3v) is 0.575. The highest BCUT2D eigenvalue weighted by atomic mass is 19.3. The molecule has 8 heavy (non-hydrogen) atoms. The molecule has 47 valence electrons. The molecule has 0 bridgehead atoms. The van der Waals surface area contributed by atoms with E-state index in [1.165, 1.54) is 0 Å². The van der Waals surface area contributed by atoms with Crippen LogP contribution >= 0.6 is 0 Å². The molecule has 0 aliphatic rings. The van der Waals surface area contributed by atoms with Crippen LogP contribution in [-0.2, 0) is 4.79 Å². The number of halogens is 2. The van der Waals surface area contributed by atoms with Crippen LogP contribution in [0.5, 0.6) is 0 Å². The van der Waals surface area contributed by atoms with E-state index in [0.29, 0.717) is 6.29 Å². The molecule has 1 radical (unpaired) electrons. The van der Waals surface area contributed by atoms with Gasteiger partial charge >= 0.3 is 5.92 Å². The summed E-state index contributed by atoms with van der Waals surface area (Å²) in [6, 6.07) is 0. The highest BCUT2D eigenvalue weighted by Crippen LogP contribution is 2.12. The second-order valence-electron chi connectivity index (χ2n) is 1.28. The third-order valence-electron chi connectivity index (χ3n) is 0.575. The summed E-state index contributed by atoms with van der Waals surface area (Å²) in [7, 11) is 0. The summed E-state index contributed by atoms with van der Waals surface area (Å²) >= 11 is 0. The Labute approximate surface area is 45.1 Å². The Balaban J connectivity index is 3.53. The van der Waals surface area contributed by atoms with Crippen molar-refractivity contribution >= 4 is 6.29 Å². The van der Waals surface area contributed by atoms with Gasteiger partial charge in [-0.25, -0.2) is 0 Å². The molecule has 4 heteroatoms. The van der Waals surface area contributed by atoms with E-state index in [0.717, 1.165) is 0 Å². The van der Waals surface area contributed by atoms with E-state index in [1.807, 2.05) is 0 Å². The maximum absolute atomic E-state index is 11.6. The third kappa shape index (κ3) is 2.63. The summed E-state index contributed by atoms with van der Waals surface area (Å²) in [4.78, 5) is 9.23. The molecule has 0 aromatic heterocycles. The Hall–Kier alpha value is -0.510. The average molecular weight is 123 g/mol. The van der Waals surface area contributed by atoms with Crippen molar-refractivity contribution in [1.82, 2.24) is 0 Å². The van der Waals surface area contributed by atoms with Gasteiger partial charge in [-0.3, -0.25) is 4.79 Å². The summed E-state index contributed by atoms with van der Waals surface area (Å²) in [5, 5.41) is 7.87. The van der Waals surface area contributed by atoms with Gasteiger partial charge < -0.3 is 5.11 Å². The molecule has 0 spiro atoms. The minimum atomic E-state index is -3.46. The molecule has 0 fully saturated rings. The van der Waals surface area contributed by atoms with Crippen LogP contribution in [0.2, 0.25) is 0 Å². The summed E-state index contributed by atoms with van der Waals surface area (Å²) < 4.78 is 23.1. The second kappa shape index (κ2) is 2.71. The number of aliphatic hydroxyl groups is 1. The van der Waals surface area contributed by atoms with Crippen molar-refractivity contribution in [1.29, 1.82) is 0 Å². The fourth-order valence-corrected chi connectivity index (χ4v) is 0.191. The van der Waals surface area contributed by atoms with Crippen LogP contribution in [0.25, 0.3) is 0 Å². The normalized spacial score (nSPS) is 11.4. The lowest BCUT2D eigenvalue weighted by Crippen LogP contribution is -2.18. The number of hydrogen-bond acceptors (Lipinski definition) is 2. The zero-order chi connectivity index (χ0) is 6.62. The van der Waals surface area contributed by atoms with Gasteiger partial charge in [-0.1, -0.05) is 0 Å². The summed E-state index contributed by atoms with van der Waals surface area (Å²) in [5.74, 6) is -3.46. The summed E-state index contributed by atoms with van der Waals surface area (Å²) in [5.41, 5.74) is 0. The molecule has 0 saturated carbocycles. The van der Waals surface area contributed by atoms with Crippen LogP contribution in [0.1, 0.15) is 6.42 Å². The van der Waals surface area contributed by atoms with Gasteiger partial charge in [0.2, 0.25) is 0 Å². The molecule has 1 N–H and O–H groups in total. The quantitative estimate of drug-likeness (QED) is 0.578. The molecule has 0 rings (SSSR count). The van der Waals surface area contributed by atoms with Crippen LogP contribution in [-0.4, -0.2) is 23.9 Å². The molecule has 2 nitrogen and oxygen atoms in total. The van der Waals surface area contributed by atoms with Gasteiger partial charge in [-0.05, 0) is 0 Å². The lowest BCUT2D eigenvalue weighted by atomic mass is 10.3. The van der Waals surface area contributed by atoms with E-state index in [4.69, 9.17) is 5.11 Å². The van der Waals surface area contributed by atoms with Gasteiger partial charge in [-0.2, -0.15) is 8.78 Å². The second-order valence-corrected chi connectivity index (χ2v) is 1.28. The van der Waals surface area contributed by atoms with Crippen LogP contribution in [0, 0.1) is 0 Å². The van der Waals surface area contributed by atoms with Gasteiger partial charge in [0.05, 0.1) is 0 Å². The SMILES string of the molecule is O=[C]C(F)(F)CCO. The molecular weight excluding hydrogens is 118 g/mol. The smallest absolute Gasteiger partial charge is 0.315 e. The lowest BCUT2D eigenvalue weighted by Gasteiger charge is -2.01. The van der Waals surface area contributed by atoms with Crippen molar-refractivity contribution in [3.63, 3.8) is 0 Å². The maximum Gasteiger partial charge on any atom is 0.315 e. The van der Waals surface area contributed by atoms with Crippen LogP contribution in [0.4, 0.5) is 8.78 Å². The molecule has 0 unspecified atom stereocenters. The number of alkyl halides is 2. The first-order chi connectivity index (χ1) is 3.62. The fourth-order valence-electron chi connectivity index (χ4n) is 0.191. The monoisotopic (exact) mass is 123 g/mol. The maximum atomic E-state index is 11.6. The van der Waals surface area contributed by atoms with Crippen LogP contribution < -0.4 is 0 Å². The van der Waals surface area contributed by atoms with E-state index in [1.54, 1.807) is 0 Å². The van der Waals surface area contributed by atoms with Crippen molar-refractivity contribution < 1.29 is 18.7 Å². The Bertz CT molecular complexity index is 82.1. The van der Waals surface area contributed by atoms with Crippen molar-refractivity contribution in [2.75, 3.05) is 6.61 Å². The molecule has 0 saturated heterocycles. The van der Waals surface area contributed by atoms with Gasteiger partial charge in [0.15, 0.2) is 0 Å². The molecule has 0 aromatic carbocycles. The van der Waals surface area contributed by atoms with Crippen molar-refractivity contribution in [3.05, 3.63) is 0 Å². The fraction of sp³-hybridized carbons (Fsp3) is 0.750. The van der Waals surface area contributed by atoms with Crippen LogP contribution in [0.3, 0.4) is 0 Å². The zero-order valence-corrected chi connectivity index (χ0v) is 4.03. The minimum Gasteiger partial charge on any atom is -0.396 e. The first-order valence-corrected chi connectivity index (χ1v) is 2.00. The molecule has 0 aromatic rings. The molecule has 0 atom stereocenters. The first kappa shape index (κ1) is 7.49. The van der Waals surface area contributed by atoms with E-state index in [9.17, 15) is 13.6 Å². The highest BCUT2D eigenvalue weighted by molar-refractivity contribution is 5.60. The van der Waals surface area contributed by atoms with Crippen molar-refractivity contribution in [2.45, 2.75) is 12.3 Å². The van der Waals surface area contributed by atoms with Gasteiger partial charge in [0.25, 0.3) is 6.29 Å². The average Bonchev–Trinajstić information content (AvgIpc) is 1.67. The predicted octanol–water partition coefficient (Wildman–Crippen LogP) is 0.114. The number of carbonyl (C=O) groups excluding carboxylic acids is 1. The Morgan fingerprint density at radius 2 is 2.12 bits per heavy atom. The number of aliphatic hydroxyl groups excluding tert-OH is 1. The van der Waals surface area contributed by atoms with Crippen molar-refractivity contribution in [2.24, 2.45) is 0 Å². The summed E-state index contributed by atoms with van der Waals surface area (Å²) in [6.07, 6.45) is -0.338. The van der Waals surface area contributed by atoms with Gasteiger partial charge in [0.1, 0.15) is 0 Å². The Kier molecular flexibility index (Phi) is 2.54. The lowest BCUT2D eigenvalue weighted by molar-refractivity contribution is 0.0453. The highest BCUT2D eigenvalue weighted by Gasteiger charge is 2.27. The molecular formula is C4H5F2O2. The molecule has 0 heterocycles. The topological polar surface area (TPSA) is 37.3 Å². The molecule has 0 aliphatic heterocycles. The minimum absolute atomic E-state index is 0.499. The standard InChI is InChI=1S/C4H5F2O2/c5-4(6,3-8)1-2-7/h7H,1-2H2. The largest absolute Gasteiger partial charge is 0.396 e. The van der Waals surface area contributed by atoms with E-state index >= 15 is 0 Å². The molecule has 0 aliphatic carbocycles. The van der Waals surface area contributed by atoms with E-state index < -0.39 is 19.0 Å².